The number of imide groups is 1. The molecule has 0 aromatic heterocycles. The Bertz CT molecular complexity index is 1530. The highest BCUT2D eigenvalue weighted by atomic mass is 32.2. The number of nitrogens with zero attached hydrogens (tertiary/aromatic N) is 1. The highest BCUT2D eigenvalue weighted by molar-refractivity contribution is 7.85. The standard InChI is InChI=1S/C31H37N3O11.CH4O3S/c1-40-11-3-13-42-18-27(35)32-20-5-7-22-23-8-6-21(33-28(36)19-43-14-4-12-41-2)16-25(23)26(24(22)15-20)17-44-31(39)45-34-29(37)9-10-30(34)38;1-5(2,3)4/h5-8,15-16,26H,3-4,9-14,17-19H2,1-2H3,(H,32,35)(H,33,36);1H3,(H,2,3,4). The monoisotopic (exact) mass is 723 g/mol. The predicted molar refractivity (Wildman–Crippen MR) is 177 cm³/mol. The van der Waals surface area contributed by atoms with E-state index in [0.717, 1.165) is 22.3 Å². The largest absolute Gasteiger partial charge is 0.533 e. The molecule has 3 N–H and O–H groups in total. The lowest BCUT2D eigenvalue weighted by Crippen LogP contribution is -2.32. The SMILES string of the molecule is COCCCOCC(=O)Nc1ccc2c(c1)C(COC(=O)ON1C(=O)CCC1=O)c1cc(NC(=O)COCCCOC)ccc1-2.CS(=O)(=O)O. The number of hydrogen-bond donors (Lipinski definition) is 3. The summed E-state index contributed by atoms with van der Waals surface area (Å²) >= 11 is 0. The van der Waals surface area contributed by atoms with Gasteiger partial charge in [0.2, 0.25) is 11.8 Å². The van der Waals surface area contributed by atoms with Gasteiger partial charge in [0, 0.05) is 70.8 Å². The first kappa shape index (κ1) is 40.0. The Labute approximate surface area is 289 Å². The van der Waals surface area contributed by atoms with Crippen molar-refractivity contribution in [2.45, 2.75) is 31.6 Å². The van der Waals surface area contributed by atoms with Crippen LogP contribution >= 0.6 is 0 Å². The Morgan fingerprint density at radius 3 is 1.66 bits per heavy atom. The molecule has 2 aromatic rings. The number of hydrogen-bond acceptors (Lipinski definition) is 13. The van der Waals surface area contributed by atoms with Gasteiger partial charge in [-0.25, -0.2) is 4.79 Å². The number of carbonyl (C=O) groups is 5. The third kappa shape index (κ3) is 13.1. The maximum Gasteiger partial charge on any atom is 0.533 e. The Morgan fingerprint density at radius 1 is 0.800 bits per heavy atom. The number of fused-ring (bicyclic) bond motifs is 3. The van der Waals surface area contributed by atoms with Gasteiger partial charge in [0.05, 0.1) is 6.26 Å². The maximum absolute atomic E-state index is 12.5. The molecule has 0 unspecified atom stereocenters. The van der Waals surface area contributed by atoms with Gasteiger partial charge in [-0.1, -0.05) is 17.2 Å². The highest BCUT2D eigenvalue weighted by Gasteiger charge is 2.35. The number of benzene rings is 2. The molecule has 0 spiro atoms. The molecule has 2 aliphatic rings. The fourth-order valence-electron chi connectivity index (χ4n) is 4.94. The second kappa shape index (κ2) is 19.7. The van der Waals surface area contributed by atoms with E-state index in [9.17, 15) is 32.4 Å². The van der Waals surface area contributed by atoms with E-state index in [1.165, 1.54) is 0 Å². The van der Waals surface area contributed by atoms with Crippen LogP contribution in [0.1, 0.15) is 42.7 Å². The molecule has 18 heteroatoms. The van der Waals surface area contributed by atoms with Gasteiger partial charge in [-0.15, -0.1) is 0 Å². The van der Waals surface area contributed by atoms with Crippen molar-refractivity contribution in [3.05, 3.63) is 47.5 Å². The molecule has 1 heterocycles. The van der Waals surface area contributed by atoms with Crippen molar-refractivity contribution >= 4 is 51.3 Å². The van der Waals surface area contributed by atoms with Gasteiger partial charge in [-0.2, -0.15) is 8.42 Å². The molecule has 50 heavy (non-hydrogen) atoms. The van der Waals surface area contributed by atoms with Crippen LogP contribution in [-0.2, 0) is 57.8 Å². The lowest BCUT2D eigenvalue weighted by Gasteiger charge is -2.17. The van der Waals surface area contributed by atoms with Crippen LogP contribution in [0.3, 0.4) is 0 Å². The summed E-state index contributed by atoms with van der Waals surface area (Å²) in [5.41, 5.74) is 4.18. The first-order chi connectivity index (χ1) is 23.8. The zero-order chi connectivity index (χ0) is 36.7. The number of carbonyl (C=O) groups excluding carboxylic acids is 5. The van der Waals surface area contributed by atoms with E-state index in [0.29, 0.717) is 62.0 Å². The summed E-state index contributed by atoms with van der Waals surface area (Å²) in [6.07, 6.45) is 0.736. The quantitative estimate of drug-likeness (QED) is 0.0924. The van der Waals surface area contributed by atoms with Gasteiger partial charge >= 0.3 is 6.16 Å². The Balaban J connectivity index is 0.00000126. The van der Waals surface area contributed by atoms with E-state index < -0.39 is 34.0 Å². The molecule has 274 valence electrons. The average molecular weight is 724 g/mol. The Morgan fingerprint density at radius 2 is 1.24 bits per heavy atom. The van der Waals surface area contributed by atoms with Crippen LogP contribution in [0.25, 0.3) is 11.1 Å². The van der Waals surface area contributed by atoms with Gasteiger partial charge in [-0.05, 0) is 59.4 Å². The van der Waals surface area contributed by atoms with Crippen molar-refractivity contribution in [2.75, 3.05) is 77.4 Å². The van der Waals surface area contributed by atoms with Crippen LogP contribution in [-0.4, -0.2) is 115 Å². The van der Waals surface area contributed by atoms with Crippen LogP contribution in [0.2, 0.25) is 0 Å². The average Bonchev–Trinajstić information content (AvgIpc) is 3.53. The topological polar surface area (TPSA) is 222 Å². The first-order valence-electron chi connectivity index (χ1n) is 15.4. The van der Waals surface area contributed by atoms with Crippen LogP contribution in [0.15, 0.2) is 36.4 Å². The van der Waals surface area contributed by atoms with Gasteiger partial charge in [0.15, 0.2) is 0 Å². The van der Waals surface area contributed by atoms with E-state index >= 15 is 0 Å². The van der Waals surface area contributed by atoms with E-state index in [1.54, 1.807) is 38.5 Å². The van der Waals surface area contributed by atoms with E-state index in [-0.39, 0.29) is 44.5 Å². The van der Waals surface area contributed by atoms with Gasteiger partial charge in [-0.3, -0.25) is 28.6 Å². The minimum Gasteiger partial charge on any atom is -0.432 e. The molecular weight excluding hydrogens is 682 g/mol. The molecule has 0 saturated carbocycles. The molecule has 1 aliphatic heterocycles. The zero-order valence-electron chi connectivity index (χ0n) is 27.9. The molecule has 1 fully saturated rings. The molecule has 1 saturated heterocycles. The van der Waals surface area contributed by atoms with Crippen molar-refractivity contribution in [3.8, 4) is 11.1 Å². The lowest BCUT2D eigenvalue weighted by atomic mass is 9.97. The van der Waals surface area contributed by atoms with Crippen molar-refractivity contribution in [3.63, 3.8) is 0 Å². The van der Waals surface area contributed by atoms with Crippen LogP contribution in [0.4, 0.5) is 16.2 Å². The molecule has 0 bridgehead atoms. The van der Waals surface area contributed by atoms with Crippen molar-refractivity contribution in [1.82, 2.24) is 5.06 Å². The summed E-state index contributed by atoms with van der Waals surface area (Å²) in [5, 5.41) is 6.04. The second-order valence-electron chi connectivity index (χ2n) is 11.0. The number of methoxy groups -OCH3 is 2. The molecular formula is C32H41N3O14S. The molecule has 1 aliphatic carbocycles. The second-order valence-corrected chi connectivity index (χ2v) is 12.5. The number of hydroxylamine groups is 2. The summed E-state index contributed by atoms with van der Waals surface area (Å²) in [5.74, 6) is -2.46. The number of nitrogens with one attached hydrogen (secondary N) is 2. The number of amides is 4. The van der Waals surface area contributed by atoms with Gasteiger partial charge < -0.3 is 34.3 Å². The summed E-state index contributed by atoms with van der Waals surface area (Å²) in [7, 11) is -0.484. The Hall–Kier alpha value is -4.46. The predicted octanol–water partition coefficient (Wildman–Crippen LogP) is 2.50. The Kier molecular flexibility index (Phi) is 15.7. The fraction of sp³-hybridized carbons (Fsp3) is 0.469. The van der Waals surface area contributed by atoms with Crippen molar-refractivity contribution in [2.24, 2.45) is 0 Å². The summed E-state index contributed by atoms with van der Waals surface area (Å²) in [4.78, 5) is 66.0. The minimum absolute atomic E-state index is 0.0468. The maximum atomic E-state index is 12.5. The van der Waals surface area contributed by atoms with E-state index in [1.807, 2.05) is 12.1 Å². The fourth-order valence-corrected chi connectivity index (χ4v) is 4.94. The smallest absolute Gasteiger partial charge is 0.432 e. The number of ether oxygens (including phenoxy) is 5. The van der Waals surface area contributed by atoms with E-state index in [2.05, 4.69) is 10.6 Å². The zero-order valence-corrected chi connectivity index (χ0v) is 28.7. The van der Waals surface area contributed by atoms with Crippen molar-refractivity contribution < 1.29 is 65.5 Å². The molecule has 0 radical (unpaired) electrons. The first-order valence-corrected chi connectivity index (χ1v) is 17.3. The lowest BCUT2D eigenvalue weighted by molar-refractivity contribution is -0.177. The van der Waals surface area contributed by atoms with Crippen LogP contribution < -0.4 is 10.6 Å². The third-order valence-corrected chi connectivity index (χ3v) is 6.99. The van der Waals surface area contributed by atoms with Gasteiger partial charge in [0.1, 0.15) is 19.8 Å². The van der Waals surface area contributed by atoms with Crippen molar-refractivity contribution in [1.29, 1.82) is 0 Å². The van der Waals surface area contributed by atoms with Crippen LogP contribution in [0, 0.1) is 0 Å². The third-order valence-electron chi connectivity index (χ3n) is 6.99. The molecule has 2 aromatic carbocycles. The minimum atomic E-state index is -3.67. The molecule has 0 atom stereocenters. The van der Waals surface area contributed by atoms with Crippen LogP contribution in [0.5, 0.6) is 0 Å². The molecule has 4 rings (SSSR count). The highest BCUT2D eigenvalue weighted by Crippen LogP contribution is 2.47. The molecule has 17 nitrogen and oxygen atoms in total. The summed E-state index contributed by atoms with van der Waals surface area (Å²) < 4.78 is 52.0. The normalized spacial score (nSPS) is 13.6. The number of rotatable bonds is 17. The summed E-state index contributed by atoms with van der Waals surface area (Å²) in [6.45, 7) is 1.34. The summed E-state index contributed by atoms with van der Waals surface area (Å²) in [6, 6.07) is 10.7. The van der Waals surface area contributed by atoms with Gasteiger partial charge in [0.25, 0.3) is 21.9 Å². The van der Waals surface area contributed by atoms with E-state index in [4.69, 9.17) is 33.1 Å². The molecule has 4 amide bonds. The number of anilines is 2.